The van der Waals surface area contributed by atoms with Crippen molar-refractivity contribution in [2.24, 2.45) is 0 Å². The summed E-state index contributed by atoms with van der Waals surface area (Å²) in [4.78, 5) is 73.1. The summed E-state index contributed by atoms with van der Waals surface area (Å²) in [6, 6.07) is 0. The van der Waals surface area contributed by atoms with E-state index in [0.29, 0.717) is 25.7 Å². The molecule has 0 aliphatic heterocycles. The summed E-state index contributed by atoms with van der Waals surface area (Å²) in [5.74, 6) is -2.24. The van der Waals surface area contributed by atoms with E-state index in [-0.39, 0.29) is 25.7 Å². The van der Waals surface area contributed by atoms with Crippen LogP contribution in [0.2, 0.25) is 0 Å². The molecular formula is C87H146O17P2. The van der Waals surface area contributed by atoms with Crippen molar-refractivity contribution in [3.05, 3.63) is 146 Å². The molecule has 0 aromatic carbocycles. The minimum atomic E-state index is -4.99. The molecular weight excluding hydrogens is 1380 g/mol. The summed E-state index contributed by atoms with van der Waals surface area (Å²) in [6.45, 7) is 4.51. The maximum absolute atomic E-state index is 13.1. The quantitative estimate of drug-likeness (QED) is 0.0169. The molecule has 606 valence electrons. The van der Waals surface area contributed by atoms with Gasteiger partial charge in [0.15, 0.2) is 12.2 Å². The van der Waals surface area contributed by atoms with Gasteiger partial charge in [-0.25, -0.2) is 9.13 Å². The second kappa shape index (κ2) is 78.1. The Labute approximate surface area is 643 Å². The Hall–Kier alpha value is -5.06. The van der Waals surface area contributed by atoms with Crippen LogP contribution in [0.3, 0.4) is 0 Å². The number of phosphoric ester groups is 2. The lowest BCUT2D eigenvalue weighted by Crippen LogP contribution is -2.30. The molecule has 0 aromatic rings. The first-order chi connectivity index (χ1) is 51.7. The molecule has 0 bridgehead atoms. The van der Waals surface area contributed by atoms with Gasteiger partial charge in [0, 0.05) is 25.7 Å². The predicted octanol–water partition coefficient (Wildman–Crippen LogP) is 24.2. The molecule has 0 saturated heterocycles. The van der Waals surface area contributed by atoms with Gasteiger partial charge in [-0.05, 0) is 161 Å². The molecule has 0 fully saturated rings. The third-order valence-electron chi connectivity index (χ3n) is 16.7. The van der Waals surface area contributed by atoms with Gasteiger partial charge in [0.25, 0.3) is 0 Å². The number of aliphatic hydroxyl groups is 1. The van der Waals surface area contributed by atoms with E-state index in [9.17, 15) is 43.2 Å². The molecule has 0 rings (SSSR count). The molecule has 0 amide bonds. The van der Waals surface area contributed by atoms with E-state index in [4.69, 9.17) is 37.0 Å². The molecule has 0 radical (unpaired) electrons. The number of esters is 4. The molecule has 3 N–H and O–H groups in total. The number of hydrogen-bond donors (Lipinski definition) is 3. The van der Waals surface area contributed by atoms with Crippen molar-refractivity contribution in [2.45, 2.75) is 341 Å². The van der Waals surface area contributed by atoms with Crippen molar-refractivity contribution in [2.75, 3.05) is 39.6 Å². The Morgan fingerprint density at radius 2 is 0.509 bits per heavy atom. The number of rotatable bonds is 76. The molecule has 0 aliphatic rings. The fraction of sp³-hybridized carbons (Fsp3) is 0.678. The van der Waals surface area contributed by atoms with E-state index in [0.717, 1.165) is 225 Å². The highest BCUT2D eigenvalue weighted by Crippen LogP contribution is 2.45. The summed E-state index contributed by atoms with van der Waals surface area (Å²) < 4.78 is 68.7. The Balaban J connectivity index is 5.40. The lowest BCUT2D eigenvalue weighted by Gasteiger charge is -2.21. The molecule has 0 saturated carbocycles. The first-order valence-corrected chi connectivity index (χ1v) is 44.1. The summed E-state index contributed by atoms with van der Waals surface area (Å²) in [6.07, 6.45) is 89.5. The van der Waals surface area contributed by atoms with Gasteiger partial charge in [0.05, 0.1) is 26.4 Å². The molecule has 0 aliphatic carbocycles. The predicted molar refractivity (Wildman–Crippen MR) is 436 cm³/mol. The third-order valence-corrected chi connectivity index (χ3v) is 18.7. The zero-order valence-electron chi connectivity index (χ0n) is 66.3. The first-order valence-electron chi connectivity index (χ1n) is 41.1. The molecule has 19 heteroatoms. The van der Waals surface area contributed by atoms with E-state index in [1.165, 1.54) is 19.3 Å². The molecule has 17 nitrogen and oxygen atoms in total. The highest BCUT2D eigenvalue weighted by molar-refractivity contribution is 7.47. The van der Waals surface area contributed by atoms with Crippen LogP contribution in [0.5, 0.6) is 0 Å². The zero-order chi connectivity index (χ0) is 77.4. The van der Waals surface area contributed by atoms with Crippen LogP contribution in [-0.4, -0.2) is 96.7 Å². The smallest absolute Gasteiger partial charge is 0.462 e. The number of allylic oxidation sites excluding steroid dienone is 24. The highest BCUT2D eigenvalue weighted by Gasteiger charge is 2.30. The first kappa shape index (κ1) is 101. The zero-order valence-corrected chi connectivity index (χ0v) is 68.1. The molecule has 5 unspecified atom stereocenters. The number of aliphatic hydroxyl groups excluding tert-OH is 1. The number of carbonyl (C=O) groups is 4. The molecule has 5 atom stereocenters. The number of hydrogen-bond acceptors (Lipinski definition) is 15. The number of ether oxygens (including phenoxy) is 4. The van der Waals surface area contributed by atoms with Crippen molar-refractivity contribution in [3.63, 3.8) is 0 Å². The molecule has 0 spiro atoms. The lowest BCUT2D eigenvalue weighted by molar-refractivity contribution is -0.161. The van der Waals surface area contributed by atoms with Gasteiger partial charge in [0.2, 0.25) is 0 Å². The largest absolute Gasteiger partial charge is 0.472 e. The fourth-order valence-electron chi connectivity index (χ4n) is 10.6. The Morgan fingerprint density at radius 3 is 0.792 bits per heavy atom. The van der Waals surface area contributed by atoms with Crippen molar-refractivity contribution >= 4 is 39.5 Å². The average Bonchev–Trinajstić information content (AvgIpc) is 0.902. The minimum absolute atomic E-state index is 0.0719. The lowest BCUT2D eigenvalue weighted by atomic mass is 10.1. The van der Waals surface area contributed by atoms with Crippen molar-refractivity contribution < 1.29 is 80.2 Å². The number of phosphoric acid groups is 2. The molecule has 0 heterocycles. The van der Waals surface area contributed by atoms with Crippen LogP contribution in [0.4, 0.5) is 0 Å². The highest BCUT2D eigenvalue weighted by atomic mass is 31.2. The van der Waals surface area contributed by atoms with Crippen molar-refractivity contribution in [3.8, 4) is 0 Å². The van der Waals surface area contributed by atoms with E-state index in [2.05, 4.69) is 174 Å². The summed E-state index contributed by atoms with van der Waals surface area (Å²) in [7, 11) is -9.99. The maximum Gasteiger partial charge on any atom is 0.472 e. The molecule has 106 heavy (non-hydrogen) atoms. The van der Waals surface area contributed by atoms with E-state index in [1.807, 2.05) is 0 Å². The fourth-order valence-corrected chi connectivity index (χ4v) is 12.1. The molecule has 0 aromatic heterocycles. The van der Waals surface area contributed by atoms with Crippen LogP contribution in [0.25, 0.3) is 0 Å². The van der Waals surface area contributed by atoms with Crippen molar-refractivity contribution in [1.82, 2.24) is 0 Å². The van der Waals surface area contributed by atoms with Crippen molar-refractivity contribution in [1.29, 1.82) is 0 Å². The maximum atomic E-state index is 13.1. The van der Waals surface area contributed by atoms with Gasteiger partial charge in [-0.3, -0.25) is 37.3 Å². The Kier molecular flexibility index (Phi) is 74.3. The average molecular weight is 1530 g/mol. The topological polar surface area (TPSA) is 237 Å². The third kappa shape index (κ3) is 77.1. The van der Waals surface area contributed by atoms with Gasteiger partial charge in [-0.15, -0.1) is 0 Å². The van der Waals surface area contributed by atoms with Crippen LogP contribution in [0, 0.1) is 0 Å². The van der Waals surface area contributed by atoms with E-state index >= 15 is 0 Å². The van der Waals surface area contributed by atoms with E-state index in [1.54, 1.807) is 0 Å². The van der Waals surface area contributed by atoms with Crippen LogP contribution in [0.15, 0.2) is 146 Å². The number of carbonyl (C=O) groups excluding carboxylic acids is 4. The second-order valence-corrected chi connectivity index (χ2v) is 29.8. The monoisotopic (exact) mass is 1530 g/mol. The van der Waals surface area contributed by atoms with Crippen LogP contribution < -0.4 is 0 Å². The standard InChI is InChI=1S/C87H146O17P2/c1-5-9-13-17-21-25-29-33-36-39-40-43-45-49-52-56-60-64-68-72-85(90)97-77-82(103-86(91)73-69-65-61-57-53-47-32-28-24-20-16-12-8-4)79-101-105(93,94)99-75-81(88)76-100-106(95,96)102-80-83(104-87(92)74-70-66-62-58-54-50-46-42-38-35-31-27-23-19-15-11-7-3)78-98-84(89)71-67-63-59-55-51-48-44-41-37-34-30-26-22-18-14-10-6-2/h10-11,14-16,20-23,25-28,32-38,40,43-44,48,81-83,88H,5-9,12-13,17-19,24,29-31,39,41-42,45-47,49-80H2,1-4H3,(H,93,94)(H,95,96)/b14-10-,15-11-,20-16-,25-21-,26-22-,27-23-,32-28-,36-33-,37-34-,38-35-,43-40-,48-44-. The van der Waals surface area contributed by atoms with Gasteiger partial charge >= 0.3 is 39.5 Å². The van der Waals surface area contributed by atoms with Gasteiger partial charge < -0.3 is 33.8 Å². The second-order valence-electron chi connectivity index (χ2n) is 26.9. The Morgan fingerprint density at radius 1 is 0.274 bits per heavy atom. The van der Waals surface area contributed by atoms with Crippen LogP contribution in [0.1, 0.15) is 323 Å². The number of unbranched alkanes of at least 4 members (excludes halogenated alkanes) is 26. The van der Waals surface area contributed by atoms with Gasteiger partial charge in [0.1, 0.15) is 19.3 Å². The van der Waals surface area contributed by atoms with Gasteiger partial charge in [-0.2, -0.15) is 0 Å². The summed E-state index contributed by atoms with van der Waals surface area (Å²) in [5, 5.41) is 10.7. The van der Waals surface area contributed by atoms with E-state index < -0.39 is 97.5 Å². The summed E-state index contributed by atoms with van der Waals surface area (Å²) in [5.41, 5.74) is 0. The normalized spacial score (nSPS) is 14.6. The van der Waals surface area contributed by atoms with Gasteiger partial charge in [-0.1, -0.05) is 283 Å². The van der Waals surface area contributed by atoms with Crippen LogP contribution >= 0.6 is 15.6 Å². The van der Waals surface area contributed by atoms with Crippen LogP contribution in [-0.2, 0) is 65.4 Å². The minimum Gasteiger partial charge on any atom is -0.462 e. The SMILES string of the molecule is CC/C=C\C/C=C\C/C=C\C/C=C\CCCCCCC(=O)OCC(COP(=O)(O)OCC(O)COP(=O)(O)OCC(COC(=O)CCCCCCCC/C=C\C/C=C\C/C=C\CCCCC)OC(=O)CCCCCCC/C=C\C/C=C\CCC)OC(=O)CCCCCCCCC/C=C\C/C=C\C/C=C\CC. The summed E-state index contributed by atoms with van der Waals surface area (Å²) >= 11 is 0. The Bertz CT molecular complexity index is 2580.